The lowest BCUT2D eigenvalue weighted by Gasteiger charge is -2.24. The second kappa shape index (κ2) is 7.97. The first-order chi connectivity index (χ1) is 11.7. The topological polar surface area (TPSA) is 78.7 Å². The van der Waals surface area contributed by atoms with Crippen LogP contribution in [0.5, 0.6) is 0 Å². The fourth-order valence-electron chi connectivity index (χ4n) is 2.89. The molecular formula is C19H30N4O2. The van der Waals surface area contributed by atoms with Gasteiger partial charge in [0.2, 0.25) is 11.8 Å². The van der Waals surface area contributed by atoms with E-state index in [1.807, 2.05) is 12.1 Å². The Balaban J connectivity index is 2.01. The number of amides is 2. The highest BCUT2D eigenvalue weighted by Gasteiger charge is 2.29. The molecule has 1 heterocycles. The summed E-state index contributed by atoms with van der Waals surface area (Å²) in [7, 11) is 5.52. The van der Waals surface area contributed by atoms with Crippen LogP contribution in [0.1, 0.15) is 30.9 Å². The van der Waals surface area contributed by atoms with Gasteiger partial charge < -0.3 is 20.9 Å². The van der Waals surface area contributed by atoms with Gasteiger partial charge in [0.15, 0.2) is 0 Å². The molecule has 0 saturated carbocycles. The van der Waals surface area contributed by atoms with Gasteiger partial charge in [0.05, 0.1) is 5.54 Å². The lowest BCUT2D eigenvalue weighted by molar-refractivity contribution is -0.129. The Morgan fingerprint density at radius 2 is 1.88 bits per heavy atom. The maximum atomic E-state index is 12.5. The highest BCUT2D eigenvalue weighted by atomic mass is 16.2. The molecule has 0 fully saturated rings. The first kappa shape index (κ1) is 19.4. The molecule has 1 aliphatic rings. The second-order valence-electron chi connectivity index (χ2n) is 7.45. The van der Waals surface area contributed by atoms with Crippen LogP contribution >= 0.6 is 0 Å². The standard InChI is InChI=1S/C19H30N4O2/c1-19(20,10-7-17(24)22(2)3)18(25)21-16-6-5-14-8-11-23(4)12-9-15(14)13-16/h5-6,13H,7-12,20H2,1-4H3,(H,21,25). The van der Waals surface area contributed by atoms with Crippen molar-refractivity contribution in [3.8, 4) is 0 Å². The largest absolute Gasteiger partial charge is 0.349 e. The van der Waals surface area contributed by atoms with Crippen molar-refractivity contribution in [2.24, 2.45) is 5.73 Å². The monoisotopic (exact) mass is 346 g/mol. The van der Waals surface area contributed by atoms with Crippen LogP contribution < -0.4 is 11.1 Å². The summed E-state index contributed by atoms with van der Waals surface area (Å²) >= 11 is 0. The minimum Gasteiger partial charge on any atom is -0.349 e. The van der Waals surface area contributed by atoms with Crippen LogP contribution in [0, 0.1) is 0 Å². The maximum absolute atomic E-state index is 12.5. The number of nitrogens with two attached hydrogens (primary N) is 1. The normalized spacial score (nSPS) is 17.2. The number of hydrogen-bond acceptors (Lipinski definition) is 4. The average molecular weight is 346 g/mol. The summed E-state index contributed by atoms with van der Waals surface area (Å²) in [6.45, 7) is 3.74. The predicted octanol–water partition coefficient (Wildman–Crippen LogP) is 1.24. The van der Waals surface area contributed by atoms with Crippen molar-refractivity contribution in [3.05, 3.63) is 29.3 Å². The number of anilines is 1. The number of carbonyl (C=O) groups excluding carboxylic acids is 2. The quantitative estimate of drug-likeness (QED) is 0.841. The molecule has 6 heteroatoms. The van der Waals surface area contributed by atoms with Gasteiger partial charge in [-0.2, -0.15) is 0 Å². The van der Waals surface area contributed by atoms with Gasteiger partial charge in [-0.3, -0.25) is 9.59 Å². The van der Waals surface area contributed by atoms with Gasteiger partial charge >= 0.3 is 0 Å². The Kier molecular flexibility index (Phi) is 6.19. The van der Waals surface area contributed by atoms with E-state index in [9.17, 15) is 9.59 Å². The van der Waals surface area contributed by atoms with Crippen LogP contribution in [-0.4, -0.2) is 61.4 Å². The van der Waals surface area contributed by atoms with E-state index >= 15 is 0 Å². The van der Waals surface area contributed by atoms with Crippen molar-refractivity contribution in [3.63, 3.8) is 0 Å². The molecular weight excluding hydrogens is 316 g/mol. The number of fused-ring (bicyclic) bond motifs is 1. The smallest absolute Gasteiger partial charge is 0.244 e. The third kappa shape index (κ3) is 5.28. The molecule has 1 aromatic rings. The van der Waals surface area contributed by atoms with Crippen molar-refractivity contribution in [2.75, 3.05) is 39.5 Å². The number of carbonyl (C=O) groups is 2. The van der Waals surface area contributed by atoms with E-state index in [0.717, 1.165) is 31.6 Å². The van der Waals surface area contributed by atoms with Gasteiger partial charge in [-0.05, 0) is 56.5 Å². The molecule has 2 amide bonds. The summed E-state index contributed by atoms with van der Waals surface area (Å²) in [5, 5.41) is 2.91. The van der Waals surface area contributed by atoms with Gasteiger partial charge in [0.25, 0.3) is 0 Å². The number of hydrogen-bond donors (Lipinski definition) is 2. The minimum atomic E-state index is -1.08. The lowest BCUT2D eigenvalue weighted by Crippen LogP contribution is -2.49. The molecule has 1 aromatic carbocycles. The Bertz CT molecular complexity index is 640. The highest BCUT2D eigenvalue weighted by molar-refractivity contribution is 5.98. The fourth-order valence-corrected chi connectivity index (χ4v) is 2.89. The predicted molar refractivity (Wildman–Crippen MR) is 100 cm³/mol. The number of nitrogens with zero attached hydrogens (tertiary/aromatic N) is 2. The van der Waals surface area contributed by atoms with Crippen LogP contribution in [0.15, 0.2) is 18.2 Å². The third-order valence-electron chi connectivity index (χ3n) is 4.87. The number of rotatable bonds is 5. The van der Waals surface area contributed by atoms with E-state index in [2.05, 4.69) is 23.3 Å². The summed E-state index contributed by atoms with van der Waals surface area (Å²) in [5.74, 6) is -0.289. The number of likely N-dealkylation sites (N-methyl/N-ethyl adjacent to an activating group) is 1. The van der Waals surface area contributed by atoms with E-state index in [4.69, 9.17) is 5.73 Å². The van der Waals surface area contributed by atoms with Crippen molar-refractivity contribution < 1.29 is 9.59 Å². The van der Waals surface area contributed by atoms with Gasteiger partial charge in [-0.25, -0.2) is 0 Å². The molecule has 0 aliphatic carbocycles. The Morgan fingerprint density at radius 3 is 2.52 bits per heavy atom. The third-order valence-corrected chi connectivity index (χ3v) is 4.87. The first-order valence-electron chi connectivity index (χ1n) is 8.80. The van der Waals surface area contributed by atoms with Crippen LogP contribution in [0.3, 0.4) is 0 Å². The van der Waals surface area contributed by atoms with Crippen LogP contribution in [-0.2, 0) is 22.4 Å². The molecule has 0 radical (unpaired) electrons. The van der Waals surface area contributed by atoms with E-state index in [0.29, 0.717) is 6.42 Å². The van der Waals surface area contributed by atoms with Crippen molar-refractivity contribution in [2.45, 2.75) is 38.1 Å². The second-order valence-corrected chi connectivity index (χ2v) is 7.45. The molecule has 1 aliphatic heterocycles. The van der Waals surface area contributed by atoms with Gasteiger partial charge in [0, 0.05) is 39.3 Å². The zero-order valence-corrected chi connectivity index (χ0v) is 15.8. The zero-order valence-electron chi connectivity index (χ0n) is 15.8. The average Bonchev–Trinajstić information content (AvgIpc) is 2.74. The molecule has 0 saturated heterocycles. The summed E-state index contributed by atoms with van der Waals surface area (Å²) in [4.78, 5) is 28.1. The summed E-state index contributed by atoms with van der Waals surface area (Å²) in [6.07, 6.45) is 2.57. The Hall–Kier alpha value is -1.92. The van der Waals surface area contributed by atoms with Gasteiger partial charge in [-0.15, -0.1) is 0 Å². The molecule has 3 N–H and O–H groups in total. The van der Waals surface area contributed by atoms with E-state index in [1.165, 1.54) is 16.0 Å². The minimum absolute atomic E-state index is 0.0291. The molecule has 1 atom stereocenters. The number of benzene rings is 1. The zero-order chi connectivity index (χ0) is 18.6. The summed E-state index contributed by atoms with van der Waals surface area (Å²) < 4.78 is 0. The van der Waals surface area contributed by atoms with E-state index in [1.54, 1.807) is 21.0 Å². The summed E-state index contributed by atoms with van der Waals surface area (Å²) in [6, 6.07) is 6.07. The van der Waals surface area contributed by atoms with Crippen LogP contribution in [0.2, 0.25) is 0 Å². The van der Waals surface area contributed by atoms with Crippen molar-refractivity contribution in [1.29, 1.82) is 0 Å². The van der Waals surface area contributed by atoms with E-state index in [-0.39, 0.29) is 18.2 Å². The maximum Gasteiger partial charge on any atom is 0.244 e. The Morgan fingerprint density at radius 1 is 1.24 bits per heavy atom. The van der Waals surface area contributed by atoms with E-state index < -0.39 is 5.54 Å². The SMILES string of the molecule is CN1CCc2ccc(NC(=O)C(C)(N)CCC(=O)N(C)C)cc2CC1. The van der Waals surface area contributed by atoms with Crippen molar-refractivity contribution >= 4 is 17.5 Å². The molecule has 25 heavy (non-hydrogen) atoms. The highest BCUT2D eigenvalue weighted by Crippen LogP contribution is 2.21. The molecule has 138 valence electrons. The lowest BCUT2D eigenvalue weighted by atomic mass is 9.95. The summed E-state index contributed by atoms with van der Waals surface area (Å²) in [5.41, 5.74) is 8.45. The van der Waals surface area contributed by atoms with Crippen LogP contribution in [0.4, 0.5) is 5.69 Å². The van der Waals surface area contributed by atoms with Crippen LogP contribution in [0.25, 0.3) is 0 Å². The molecule has 6 nitrogen and oxygen atoms in total. The van der Waals surface area contributed by atoms with Crippen molar-refractivity contribution in [1.82, 2.24) is 9.80 Å². The molecule has 2 rings (SSSR count). The number of nitrogens with one attached hydrogen (secondary N) is 1. The Labute approximate surface area is 150 Å². The molecule has 0 aromatic heterocycles. The van der Waals surface area contributed by atoms with Gasteiger partial charge in [-0.1, -0.05) is 6.07 Å². The molecule has 0 spiro atoms. The molecule has 0 bridgehead atoms. The first-order valence-corrected chi connectivity index (χ1v) is 8.80. The fraction of sp³-hybridized carbons (Fsp3) is 0.579. The van der Waals surface area contributed by atoms with Gasteiger partial charge in [0.1, 0.15) is 0 Å². The molecule has 1 unspecified atom stereocenters.